The van der Waals surface area contributed by atoms with Crippen molar-refractivity contribution < 1.29 is 12.9 Å². The lowest BCUT2D eigenvalue weighted by molar-refractivity contribution is 0.387. The van der Waals surface area contributed by atoms with E-state index in [0.717, 1.165) is 0 Å². The number of sulfonamides is 1. The summed E-state index contributed by atoms with van der Waals surface area (Å²) in [6, 6.07) is 3.04. The van der Waals surface area contributed by atoms with Crippen LogP contribution in [0.15, 0.2) is 27.7 Å². The molecule has 0 saturated carbocycles. The van der Waals surface area contributed by atoms with Crippen LogP contribution in [-0.4, -0.2) is 30.1 Å². The SMILES string of the molecule is CCNc1ncccc1S(=O)(=O)NCc1noc(C)n1. The van der Waals surface area contributed by atoms with Gasteiger partial charge in [0.2, 0.25) is 15.9 Å². The van der Waals surface area contributed by atoms with Crippen LogP contribution in [0.4, 0.5) is 5.82 Å². The van der Waals surface area contributed by atoms with E-state index in [1.165, 1.54) is 12.3 Å². The van der Waals surface area contributed by atoms with Gasteiger partial charge in [-0.15, -0.1) is 0 Å². The molecule has 0 amide bonds. The van der Waals surface area contributed by atoms with E-state index in [4.69, 9.17) is 4.52 Å². The van der Waals surface area contributed by atoms with E-state index in [9.17, 15) is 8.42 Å². The summed E-state index contributed by atoms with van der Waals surface area (Å²) in [5.74, 6) is 0.973. The van der Waals surface area contributed by atoms with Crippen LogP contribution in [0.5, 0.6) is 0 Å². The molecule has 2 rings (SSSR count). The first kappa shape index (κ1) is 14.4. The summed E-state index contributed by atoms with van der Waals surface area (Å²) in [6.45, 7) is 4.03. The summed E-state index contributed by atoms with van der Waals surface area (Å²) >= 11 is 0. The Morgan fingerprint density at radius 1 is 1.40 bits per heavy atom. The number of hydrogen-bond donors (Lipinski definition) is 2. The molecule has 20 heavy (non-hydrogen) atoms. The van der Waals surface area contributed by atoms with Crippen molar-refractivity contribution in [1.82, 2.24) is 19.8 Å². The molecule has 0 radical (unpaired) electrons. The Bertz CT molecular complexity index is 683. The van der Waals surface area contributed by atoms with E-state index in [1.807, 2.05) is 6.92 Å². The van der Waals surface area contributed by atoms with Gasteiger partial charge in [-0.2, -0.15) is 4.98 Å². The third-order valence-electron chi connectivity index (χ3n) is 2.39. The number of anilines is 1. The van der Waals surface area contributed by atoms with Crippen LogP contribution in [0, 0.1) is 6.92 Å². The Morgan fingerprint density at radius 3 is 2.85 bits per heavy atom. The molecule has 0 aliphatic carbocycles. The average Bonchev–Trinajstić information content (AvgIpc) is 2.83. The number of aromatic nitrogens is 3. The highest BCUT2D eigenvalue weighted by molar-refractivity contribution is 7.89. The predicted molar refractivity (Wildman–Crippen MR) is 71.5 cm³/mol. The summed E-state index contributed by atoms with van der Waals surface area (Å²) in [4.78, 5) is 8.03. The fourth-order valence-corrected chi connectivity index (χ4v) is 2.67. The number of pyridine rings is 1. The molecular formula is C11H15N5O3S. The lowest BCUT2D eigenvalue weighted by atomic mass is 10.4. The first-order chi connectivity index (χ1) is 9.53. The summed E-state index contributed by atoms with van der Waals surface area (Å²) in [7, 11) is -3.70. The van der Waals surface area contributed by atoms with Gasteiger partial charge < -0.3 is 9.84 Å². The highest BCUT2D eigenvalue weighted by Crippen LogP contribution is 2.17. The van der Waals surface area contributed by atoms with E-state index in [-0.39, 0.29) is 17.3 Å². The molecule has 0 aromatic carbocycles. The number of aryl methyl sites for hydroxylation is 1. The monoisotopic (exact) mass is 297 g/mol. The molecular weight excluding hydrogens is 282 g/mol. The second-order valence-electron chi connectivity index (χ2n) is 3.93. The summed E-state index contributed by atoms with van der Waals surface area (Å²) < 4.78 is 31.6. The average molecular weight is 297 g/mol. The van der Waals surface area contributed by atoms with Crippen LogP contribution in [0.25, 0.3) is 0 Å². The summed E-state index contributed by atoms with van der Waals surface area (Å²) in [6.07, 6.45) is 1.53. The van der Waals surface area contributed by atoms with Crippen molar-refractivity contribution in [2.75, 3.05) is 11.9 Å². The maximum absolute atomic E-state index is 12.2. The minimum atomic E-state index is -3.70. The van der Waals surface area contributed by atoms with Gasteiger partial charge in [-0.3, -0.25) is 0 Å². The minimum absolute atomic E-state index is 0.0415. The molecule has 2 aromatic rings. The smallest absolute Gasteiger partial charge is 0.244 e. The summed E-state index contributed by atoms with van der Waals surface area (Å²) in [5, 5.41) is 6.53. The van der Waals surface area contributed by atoms with Crippen LogP contribution in [0.3, 0.4) is 0 Å². The molecule has 0 saturated heterocycles. The third-order valence-corrected chi connectivity index (χ3v) is 3.83. The quantitative estimate of drug-likeness (QED) is 0.806. The Hall–Kier alpha value is -2.00. The molecule has 0 bridgehead atoms. The predicted octanol–water partition coefficient (Wildman–Crippen LogP) is 0.683. The zero-order chi connectivity index (χ0) is 14.6. The van der Waals surface area contributed by atoms with Crippen LogP contribution < -0.4 is 10.0 Å². The van der Waals surface area contributed by atoms with E-state index in [2.05, 4.69) is 25.2 Å². The summed E-state index contributed by atoms with van der Waals surface area (Å²) in [5.41, 5.74) is 0. The van der Waals surface area contributed by atoms with Crippen molar-refractivity contribution in [1.29, 1.82) is 0 Å². The molecule has 0 spiro atoms. The van der Waals surface area contributed by atoms with E-state index >= 15 is 0 Å². The zero-order valence-electron chi connectivity index (χ0n) is 11.1. The Kier molecular flexibility index (Phi) is 4.30. The molecule has 0 atom stereocenters. The number of nitrogens with one attached hydrogen (secondary N) is 2. The maximum Gasteiger partial charge on any atom is 0.244 e. The highest BCUT2D eigenvalue weighted by Gasteiger charge is 2.19. The molecule has 0 aliphatic heterocycles. The van der Waals surface area contributed by atoms with Crippen molar-refractivity contribution in [3.8, 4) is 0 Å². The van der Waals surface area contributed by atoms with Crippen molar-refractivity contribution in [2.24, 2.45) is 0 Å². The molecule has 0 unspecified atom stereocenters. The number of rotatable bonds is 6. The fourth-order valence-electron chi connectivity index (χ4n) is 1.56. The molecule has 8 nitrogen and oxygen atoms in total. The van der Waals surface area contributed by atoms with Gasteiger partial charge in [0.05, 0.1) is 6.54 Å². The van der Waals surface area contributed by atoms with Gasteiger partial charge in [0, 0.05) is 19.7 Å². The first-order valence-corrected chi connectivity index (χ1v) is 7.49. The van der Waals surface area contributed by atoms with Crippen LogP contribution in [-0.2, 0) is 16.6 Å². The van der Waals surface area contributed by atoms with Gasteiger partial charge in [0.25, 0.3) is 0 Å². The number of nitrogens with zero attached hydrogens (tertiary/aromatic N) is 3. The molecule has 9 heteroatoms. The standard InChI is InChI=1S/C11H15N5O3S/c1-3-12-11-9(5-4-6-13-11)20(17,18)14-7-10-15-8(2)19-16-10/h4-6,14H,3,7H2,1-2H3,(H,12,13). The van der Waals surface area contributed by atoms with E-state index in [1.54, 1.807) is 13.0 Å². The minimum Gasteiger partial charge on any atom is -0.369 e. The highest BCUT2D eigenvalue weighted by atomic mass is 32.2. The second kappa shape index (κ2) is 5.97. The van der Waals surface area contributed by atoms with Gasteiger partial charge in [0.1, 0.15) is 10.7 Å². The Balaban J connectivity index is 2.18. The van der Waals surface area contributed by atoms with Crippen LogP contribution in [0.1, 0.15) is 18.6 Å². The van der Waals surface area contributed by atoms with E-state index in [0.29, 0.717) is 18.3 Å². The van der Waals surface area contributed by atoms with Gasteiger partial charge in [-0.25, -0.2) is 18.1 Å². The lowest BCUT2D eigenvalue weighted by Gasteiger charge is -2.10. The molecule has 2 N–H and O–H groups in total. The van der Waals surface area contributed by atoms with Gasteiger partial charge in [-0.1, -0.05) is 5.16 Å². The number of hydrogen-bond acceptors (Lipinski definition) is 7. The topological polar surface area (TPSA) is 110 Å². The van der Waals surface area contributed by atoms with Gasteiger partial charge >= 0.3 is 0 Å². The lowest BCUT2D eigenvalue weighted by Crippen LogP contribution is -2.25. The van der Waals surface area contributed by atoms with Crippen molar-refractivity contribution >= 4 is 15.8 Å². The molecule has 108 valence electrons. The largest absolute Gasteiger partial charge is 0.369 e. The van der Waals surface area contributed by atoms with Gasteiger partial charge in [0.15, 0.2) is 5.82 Å². The first-order valence-electron chi connectivity index (χ1n) is 6.00. The third kappa shape index (κ3) is 3.31. The van der Waals surface area contributed by atoms with Crippen molar-refractivity contribution in [3.05, 3.63) is 30.0 Å². The van der Waals surface area contributed by atoms with Crippen LogP contribution >= 0.6 is 0 Å². The maximum atomic E-state index is 12.2. The molecule has 2 heterocycles. The van der Waals surface area contributed by atoms with E-state index < -0.39 is 10.0 Å². The second-order valence-corrected chi connectivity index (χ2v) is 5.67. The van der Waals surface area contributed by atoms with Crippen LogP contribution in [0.2, 0.25) is 0 Å². The molecule has 2 aromatic heterocycles. The normalized spacial score (nSPS) is 11.5. The van der Waals surface area contributed by atoms with Crippen molar-refractivity contribution in [3.63, 3.8) is 0 Å². The molecule has 0 aliphatic rings. The van der Waals surface area contributed by atoms with Gasteiger partial charge in [-0.05, 0) is 19.1 Å². The fraction of sp³-hybridized carbons (Fsp3) is 0.364. The van der Waals surface area contributed by atoms with Crippen molar-refractivity contribution in [2.45, 2.75) is 25.3 Å². The Labute approximate surface area is 116 Å². The molecule has 0 fully saturated rings. The Morgan fingerprint density at radius 2 is 2.20 bits per heavy atom. The zero-order valence-corrected chi connectivity index (χ0v) is 11.9.